The third-order valence-corrected chi connectivity index (χ3v) is 2.57. The molecule has 0 aliphatic heterocycles. The van der Waals surface area contributed by atoms with Crippen LogP contribution in [0.2, 0.25) is 0 Å². The van der Waals surface area contributed by atoms with Crippen molar-refractivity contribution >= 4 is 11.9 Å². The molecule has 0 fully saturated rings. The highest BCUT2D eigenvalue weighted by atomic mass is 19.1. The van der Waals surface area contributed by atoms with Gasteiger partial charge in [-0.2, -0.15) is 0 Å². The first-order valence-corrected chi connectivity index (χ1v) is 5.92. The van der Waals surface area contributed by atoms with Gasteiger partial charge in [0.05, 0.1) is 12.0 Å². The average molecular weight is 269 g/mol. The smallest absolute Gasteiger partial charge is 0.305 e. The molecular weight excluding hydrogens is 253 g/mol. The van der Waals surface area contributed by atoms with Crippen LogP contribution in [0.15, 0.2) is 24.3 Å². The molecule has 1 amide bonds. The van der Waals surface area contributed by atoms with Crippen molar-refractivity contribution in [2.45, 2.75) is 12.8 Å². The zero-order valence-corrected chi connectivity index (χ0v) is 10.4. The van der Waals surface area contributed by atoms with Crippen LogP contribution in [0.4, 0.5) is 4.39 Å². The summed E-state index contributed by atoms with van der Waals surface area (Å²) in [6.45, 7) is 0.0631. The summed E-state index contributed by atoms with van der Waals surface area (Å²) in [5.41, 5.74) is -0.0918. The number of halogens is 1. The summed E-state index contributed by atoms with van der Waals surface area (Å²) in [6, 6.07) is 5.54. The number of aliphatic hydroxyl groups is 1. The summed E-state index contributed by atoms with van der Waals surface area (Å²) >= 11 is 0. The summed E-state index contributed by atoms with van der Waals surface area (Å²) < 4.78 is 13.5. The second kappa shape index (κ2) is 7.48. The molecule has 1 aromatic rings. The number of amides is 1. The van der Waals surface area contributed by atoms with Crippen molar-refractivity contribution in [1.29, 1.82) is 0 Å². The highest BCUT2D eigenvalue weighted by molar-refractivity contribution is 5.94. The number of rotatable bonds is 7. The Hall–Kier alpha value is -1.95. The minimum Gasteiger partial charge on any atom is -0.481 e. The fourth-order valence-electron chi connectivity index (χ4n) is 1.61. The molecule has 104 valence electrons. The van der Waals surface area contributed by atoms with Crippen LogP contribution >= 0.6 is 0 Å². The monoisotopic (exact) mass is 269 g/mol. The molecule has 19 heavy (non-hydrogen) atoms. The second-order valence-corrected chi connectivity index (χ2v) is 3.99. The Bertz CT molecular complexity index is 450. The average Bonchev–Trinajstić information content (AvgIpc) is 2.38. The standard InChI is InChI=1S/C13H16FNO4/c14-11-5-2-1-4-10(11)13(19)15(7-3-9-16)8-6-12(17)18/h1-2,4-5,16H,3,6-9H2,(H,17,18). The number of carbonyl (C=O) groups excluding carboxylic acids is 1. The van der Waals surface area contributed by atoms with Gasteiger partial charge in [0, 0.05) is 19.7 Å². The third-order valence-electron chi connectivity index (χ3n) is 2.57. The lowest BCUT2D eigenvalue weighted by molar-refractivity contribution is -0.137. The minimum absolute atomic E-state index is 0.0114. The lowest BCUT2D eigenvalue weighted by atomic mass is 10.1. The van der Waals surface area contributed by atoms with Crippen LogP contribution in [0.5, 0.6) is 0 Å². The number of nitrogens with zero attached hydrogens (tertiary/aromatic N) is 1. The molecule has 0 aliphatic carbocycles. The van der Waals surface area contributed by atoms with Gasteiger partial charge in [-0.1, -0.05) is 12.1 Å². The van der Waals surface area contributed by atoms with E-state index < -0.39 is 17.7 Å². The molecule has 5 nitrogen and oxygen atoms in total. The fraction of sp³-hybridized carbons (Fsp3) is 0.385. The molecule has 0 spiro atoms. The molecule has 2 N–H and O–H groups in total. The second-order valence-electron chi connectivity index (χ2n) is 3.99. The van der Waals surface area contributed by atoms with Gasteiger partial charge in [0.2, 0.25) is 0 Å². The van der Waals surface area contributed by atoms with Gasteiger partial charge < -0.3 is 15.1 Å². The maximum absolute atomic E-state index is 13.5. The third kappa shape index (κ3) is 4.67. The van der Waals surface area contributed by atoms with Crippen molar-refractivity contribution in [2.24, 2.45) is 0 Å². The molecule has 0 atom stereocenters. The Morgan fingerprint density at radius 1 is 1.21 bits per heavy atom. The molecule has 6 heteroatoms. The van der Waals surface area contributed by atoms with E-state index in [0.29, 0.717) is 6.42 Å². The van der Waals surface area contributed by atoms with E-state index in [1.165, 1.54) is 29.2 Å². The van der Waals surface area contributed by atoms with Crippen molar-refractivity contribution in [3.63, 3.8) is 0 Å². The van der Waals surface area contributed by atoms with Crippen LogP contribution in [0.3, 0.4) is 0 Å². The quantitative estimate of drug-likeness (QED) is 0.777. The highest BCUT2D eigenvalue weighted by Gasteiger charge is 2.19. The summed E-state index contributed by atoms with van der Waals surface area (Å²) in [7, 11) is 0. The van der Waals surface area contributed by atoms with Crippen LogP contribution in [-0.4, -0.2) is 46.7 Å². The number of hydrogen-bond donors (Lipinski definition) is 2. The van der Waals surface area contributed by atoms with Gasteiger partial charge in [-0.25, -0.2) is 4.39 Å². The molecule has 0 saturated heterocycles. The predicted octanol–water partition coefficient (Wildman–Crippen LogP) is 1.12. The Kier molecular flexibility index (Phi) is 5.95. The normalized spacial score (nSPS) is 10.2. The van der Waals surface area contributed by atoms with Crippen molar-refractivity contribution < 1.29 is 24.2 Å². The Morgan fingerprint density at radius 2 is 1.89 bits per heavy atom. The predicted molar refractivity (Wildman–Crippen MR) is 66.3 cm³/mol. The van der Waals surface area contributed by atoms with E-state index in [-0.39, 0.29) is 31.7 Å². The van der Waals surface area contributed by atoms with E-state index in [1.807, 2.05) is 0 Å². The Balaban J connectivity index is 2.81. The maximum atomic E-state index is 13.5. The number of aliphatic carboxylic acids is 1. The molecule has 0 saturated carbocycles. The first-order valence-electron chi connectivity index (χ1n) is 5.92. The zero-order chi connectivity index (χ0) is 14.3. The van der Waals surface area contributed by atoms with Crippen molar-refractivity contribution in [2.75, 3.05) is 19.7 Å². The van der Waals surface area contributed by atoms with Gasteiger partial charge in [-0.3, -0.25) is 9.59 Å². The largest absolute Gasteiger partial charge is 0.481 e. The lowest BCUT2D eigenvalue weighted by Gasteiger charge is -2.21. The topological polar surface area (TPSA) is 77.8 Å². The SMILES string of the molecule is O=C(O)CCN(CCCO)C(=O)c1ccccc1F. The maximum Gasteiger partial charge on any atom is 0.305 e. The number of aliphatic hydroxyl groups excluding tert-OH is 1. The molecular formula is C13H16FNO4. The van der Waals surface area contributed by atoms with Crippen molar-refractivity contribution in [3.05, 3.63) is 35.6 Å². The first kappa shape index (κ1) is 15.1. The number of carboxylic acids is 1. The Morgan fingerprint density at radius 3 is 2.47 bits per heavy atom. The number of benzene rings is 1. The summed E-state index contributed by atoms with van der Waals surface area (Å²) in [5.74, 6) is -2.24. The Labute approximate surface area is 110 Å². The van der Waals surface area contributed by atoms with E-state index in [4.69, 9.17) is 10.2 Å². The van der Waals surface area contributed by atoms with Gasteiger partial charge >= 0.3 is 5.97 Å². The number of carboxylic acid groups (broad SMARTS) is 1. The van der Waals surface area contributed by atoms with Gasteiger partial charge in [-0.15, -0.1) is 0 Å². The number of hydrogen-bond acceptors (Lipinski definition) is 3. The summed E-state index contributed by atoms with van der Waals surface area (Å²) in [5, 5.41) is 17.4. The van der Waals surface area contributed by atoms with E-state index in [0.717, 1.165) is 0 Å². The van der Waals surface area contributed by atoms with Gasteiger partial charge in [0.25, 0.3) is 5.91 Å². The van der Waals surface area contributed by atoms with E-state index >= 15 is 0 Å². The van der Waals surface area contributed by atoms with Crippen LogP contribution in [0, 0.1) is 5.82 Å². The fourth-order valence-corrected chi connectivity index (χ4v) is 1.61. The molecule has 0 aromatic heterocycles. The molecule has 0 bridgehead atoms. The highest BCUT2D eigenvalue weighted by Crippen LogP contribution is 2.11. The van der Waals surface area contributed by atoms with E-state index in [1.54, 1.807) is 0 Å². The zero-order valence-electron chi connectivity index (χ0n) is 10.4. The van der Waals surface area contributed by atoms with Gasteiger partial charge in [0.15, 0.2) is 0 Å². The van der Waals surface area contributed by atoms with Gasteiger partial charge in [-0.05, 0) is 18.6 Å². The molecule has 1 rings (SSSR count). The van der Waals surface area contributed by atoms with Crippen molar-refractivity contribution in [1.82, 2.24) is 4.90 Å². The molecule has 0 unspecified atom stereocenters. The van der Waals surface area contributed by atoms with Crippen LogP contribution < -0.4 is 0 Å². The van der Waals surface area contributed by atoms with Crippen molar-refractivity contribution in [3.8, 4) is 0 Å². The van der Waals surface area contributed by atoms with Crippen LogP contribution in [-0.2, 0) is 4.79 Å². The van der Waals surface area contributed by atoms with Crippen LogP contribution in [0.25, 0.3) is 0 Å². The molecule has 1 aromatic carbocycles. The molecule has 0 aliphatic rings. The van der Waals surface area contributed by atoms with Crippen LogP contribution in [0.1, 0.15) is 23.2 Å². The minimum atomic E-state index is -1.03. The molecule has 0 heterocycles. The first-order chi connectivity index (χ1) is 9.06. The number of carbonyl (C=O) groups is 2. The van der Waals surface area contributed by atoms with E-state index in [9.17, 15) is 14.0 Å². The molecule has 0 radical (unpaired) electrons. The van der Waals surface area contributed by atoms with E-state index in [2.05, 4.69) is 0 Å². The summed E-state index contributed by atoms with van der Waals surface area (Å²) in [4.78, 5) is 23.9. The lowest BCUT2D eigenvalue weighted by Crippen LogP contribution is -2.34. The van der Waals surface area contributed by atoms with Gasteiger partial charge in [0.1, 0.15) is 5.82 Å². The summed E-state index contributed by atoms with van der Waals surface area (Å²) in [6.07, 6.45) is 0.103.